The standard InChI is InChI=1S/C5H9N.5CO.Mo/c1-5(2,3)6-4;5*1-2;/h1-3H3;;;;;;. The summed E-state index contributed by atoms with van der Waals surface area (Å²) in [4.78, 5) is 3.27. The molecular formula is C10H9MoNO5. The molecule has 7 heteroatoms. The van der Waals surface area contributed by atoms with Crippen molar-refractivity contribution in [2.24, 2.45) is 0 Å². The molecule has 0 aromatic carbocycles. The molecule has 0 saturated carbocycles. The molecular weight excluding hydrogens is 310 g/mol. The minimum atomic E-state index is -0.167. The van der Waals surface area contributed by atoms with Crippen molar-refractivity contribution in [3.8, 4) is 0 Å². The van der Waals surface area contributed by atoms with Crippen molar-refractivity contribution in [2.75, 3.05) is 0 Å². The van der Waals surface area contributed by atoms with Crippen LogP contribution in [0.25, 0.3) is 4.85 Å². The third kappa shape index (κ3) is 699. The molecule has 0 amide bonds. The summed E-state index contributed by atoms with van der Waals surface area (Å²) in [5, 5.41) is 0. The zero-order valence-corrected chi connectivity index (χ0v) is 11.4. The molecule has 17 heavy (non-hydrogen) atoms. The van der Waals surface area contributed by atoms with Crippen molar-refractivity contribution < 1.29 is 44.3 Å². The van der Waals surface area contributed by atoms with Crippen LogP contribution >= 0.6 is 0 Å². The SMILES string of the molecule is [C-]#[N+]C(C)(C)C.[C-]#[O+].[C-]#[O+].[C-]#[O+].[C-]#[O+].[C-]#[O+].[Mo]. The molecule has 0 fully saturated rings. The summed E-state index contributed by atoms with van der Waals surface area (Å²) in [5.74, 6) is 0. The third-order valence-electron chi connectivity index (χ3n) is 0.335. The van der Waals surface area contributed by atoms with E-state index in [1.54, 1.807) is 0 Å². The molecule has 0 rings (SSSR count). The minimum absolute atomic E-state index is 0. The van der Waals surface area contributed by atoms with Gasteiger partial charge in [-0.15, -0.1) is 0 Å². The molecule has 90 valence electrons. The quantitative estimate of drug-likeness (QED) is 0.367. The van der Waals surface area contributed by atoms with Gasteiger partial charge in [0, 0.05) is 41.8 Å². The average molecular weight is 319 g/mol. The van der Waals surface area contributed by atoms with Gasteiger partial charge in [0.1, 0.15) is 0 Å². The van der Waals surface area contributed by atoms with Crippen LogP contribution in [-0.2, 0) is 44.3 Å². The number of hydrogen-bond acceptors (Lipinski definition) is 0. The van der Waals surface area contributed by atoms with Crippen LogP contribution in [0, 0.1) is 39.8 Å². The van der Waals surface area contributed by atoms with Gasteiger partial charge in [0.25, 0.3) is 0 Å². The summed E-state index contributed by atoms with van der Waals surface area (Å²) in [5.41, 5.74) is -0.167. The summed E-state index contributed by atoms with van der Waals surface area (Å²) >= 11 is 0. The fraction of sp³-hybridized carbons (Fsp3) is 0.400. The van der Waals surface area contributed by atoms with Crippen LogP contribution in [0.4, 0.5) is 0 Å². The van der Waals surface area contributed by atoms with Gasteiger partial charge < -0.3 is 4.85 Å². The fourth-order valence-electron chi connectivity index (χ4n) is 0. The second-order valence-electron chi connectivity index (χ2n) is 2.28. The van der Waals surface area contributed by atoms with Gasteiger partial charge >= 0.3 is 56.5 Å². The van der Waals surface area contributed by atoms with E-state index in [9.17, 15) is 0 Å². The van der Waals surface area contributed by atoms with Crippen LogP contribution in [0.3, 0.4) is 0 Å². The first kappa shape index (κ1) is 44.6. The zero-order valence-electron chi connectivity index (χ0n) is 9.40. The Labute approximate surface area is 115 Å². The molecule has 0 aromatic rings. The van der Waals surface area contributed by atoms with E-state index < -0.39 is 0 Å². The van der Waals surface area contributed by atoms with Crippen molar-refractivity contribution in [1.29, 1.82) is 0 Å². The molecule has 0 aromatic heterocycles. The van der Waals surface area contributed by atoms with Crippen LogP contribution < -0.4 is 0 Å². The number of hydrogen-bond donors (Lipinski definition) is 0. The molecule has 0 unspecified atom stereocenters. The second-order valence-corrected chi connectivity index (χ2v) is 2.28. The third-order valence-corrected chi connectivity index (χ3v) is 0.335. The van der Waals surface area contributed by atoms with Crippen LogP contribution in [0.15, 0.2) is 0 Å². The number of rotatable bonds is 0. The Balaban J connectivity index is -0.0000000158. The van der Waals surface area contributed by atoms with Crippen LogP contribution in [0.1, 0.15) is 20.8 Å². The van der Waals surface area contributed by atoms with E-state index in [2.05, 4.69) is 38.1 Å². The van der Waals surface area contributed by atoms with Crippen LogP contribution in [0.5, 0.6) is 0 Å². The predicted molar refractivity (Wildman–Crippen MR) is 46.0 cm³/mol. The van der Waals surface area contributed by atoms with Gasteiger partial charge in [-0.05, 0) is 0 Å². The Morgan fingerprint density at radius 3 is 0.706 bits per heavy atom. The maximum Gasteiger partial charge on any atom is 0 e. The van der Waals surface area contributed by atoms with E-state index in [4.69, 9.17) is 29.8 Å². The van der Waals surface area contributed by atoms with Gasteiger partial charge in [0.05, 0.1) is 0 Å². The molecule has 6 nitrogen and oxygen atoms in total. The molecule has 0 spiro atoms. The van der Waals surface area contributed by atoms with Gasteiger partial charge in [0.2, 0.25) is 5.54 Å². The smallest absolute Gasteiger partial charge is 0 e. The van der Waals surface area contributed by atoms with E-state index in [0.717, 1.165) is 0 Å². The fourth-order valence-corrected chi connectivity index (χ4v) is 0. The Morgan fingerprint density at radius 2 is 0.706 bits per heavy atom. The summed E-state index contributed by atoms with van der Waals surface area (Å²) < 4.78 is 37.5. The average Bonchev–Trinajstić information content (AvgIpc) is 2.40. The van der Waals surface area contributed by atoms with Gasteiger partial charge in [0.15, 0.2) is 0 Å². The summed E-state index contributed by atoms with van der Waals surface area (Å²) in [6.45, 7) is 34.6. The van der Waals surface area contributed by atoms with Crippen molar-refractivity contribution >= 4 is 0 Å². The topological polar surface area (TPSA) is 104 Å². The Kier molecular flexibility index (Phi) is 218. The largest absolute Gasteiger partial charge is 0 e. The van der Waals surface area contributed by atoms with E-state index in [1.165, 1.54) is 0 Å². The molecule has 0 aliphatic carbocycles. The molecule has 0 aliphatic heterocycles. The summed E-state index contributed by atoms with van der Waals surface area (Å²) in [7, 11) is 0. The molecule has 0 aliphatic rings. The molecule has 0 radical (unpaired) electrons. The van der Waals surface area contributed by atoms with Gasteiger partial charge in [-0.3, -0.25) is 0 Å². The molecule has 0 heterocycles. The monoisotopic (exact) mass is 321 g/mol. The van der Waals surface area contributed by atoms with Gasteiger partial charge in [-0.25, -0.2) is 6.57 Å². The second kappa shape index (κ2) is 82.9. The normalized spacial score (nSPS) is 4.24. The Hall–Kier alpha value is -1.12. The van der Waals surface area contributed by atoms with Crippen LogP contribution in [0.2, 0.25) is 0 Å². The van der Waals surface area contributed by atoms with Crippen molar-refractivity contribution in [1.82, 2.24) is 0 Å². The van der Waals surface area contributed by atoms with Crippen molar-refractivity contribution in [3.05, 3.63) is 44.7 Å². The van der Waals surface area contributed by atoms with Crippen LogP contribution in [-0.4, -0.2) is 5.54 Å². The maximum atomic E-state index is 7.50. The van der Waals surface area contributed by atoms with E-state index in [-0.39, 0.29) is 26.6 Å². The maximum absolute atomic E-state index is 7.50. The first-order valence-corrected chi connectivity index (χ1v) is 2.97. The van der Waals surface area contributed by atoms with Crippen molar-refractivity contribution in [2.45, 2.75) is 26.3 Å². The summed E-state index contributed by atoms with van der Waals surface area (Å²) in [6.07, 6.45) is 0. The minimum Gasteiger partial charge on any atom is 0 e. The Bertz CT molecular complexity index is 204. The summed E-state index contributed by atoms with van der Waals surface area (Å²) in [6, 6.07) is 0. The van der Waals surface area contributed by atoms with E-state index in [0.29, 0.717) is 0 Å². The zero-order chi connectivity index (χ0) is 15.2. The predicted octanol–water partition coefficient (Wildman–Crippen LogP) is 1.51. The van der Waals surface area contributed by atoms with E-state index >= 15 is 0 Å². The molecule has 0 N–H and O–H groups in total. The first-order chi connectivity index (χ1) is 7.56. The molecule has 0 bridgehead atoms. The first-order valence-electron chi connectivity index (χ1n) is 2.97. The Morgan fingerprint density at radius 1 is 0.647 bits per heavy atom. The van der Waals surface area contributed by atoms with Crippen molar-refractivity contribution in [3.63, 3.8) is 0 Å². The van der Waals surface area contributed by atoms with E-state index in [1.807, 2.05) is 20.8 Å². The molecule has 0 saturated heterocycles. The van der Waals surface area contributed by atoms with Gasteiger partial charge in [-0.2, -0.15) is 0 Å². The number of nitrogens with zero attached hydrogens (tertiary/aromatic N) is 1. The van der Waals surface area contributed by atoms with Gasteiger partial charge in [-0.1, -0.05) is 0 Å². The molecule has 0 atom stereocenters.